The normalized spacial score (nSPS) is 18.4. The summed E-state index contributed by atoms with van der Waals surface area (Å²) < 4.78 is 0. The van der Waals surface area contributed by atoms with Crippen LogP contribution in [0.25, 0.3) is 0 Å². The van der Waals surface area contributed by atoms with Crippen LogP contribution < -0.4 is 10.6 Å². The number of amides is 3. The number of benzene rings is 1. The van der Waals surface area contributed by atoms with Gasteiger partial charge in [-0.15, -0.1) is 0 Å². The Bertz CT molecular complexity index is 707. The Hall–Kier alpha value is -2.41. The second-order valence-electron chi connectivity index (χ2n) is 7.87. The van der Waals surface area contributed by atoms with Gasteiger partial charge in [0.25, 0.3) is 0 Å². The molecule has 0 spiro atoms. The molecule has 3 amide bonds. The second-order valence-corrected chi connectivity index (χ2v) is 7.87. The van der Waals surface area contributed by atoms with Crippen molar-refractivity contribution in [3.63, 3.8) is 0 Å². The fourth-order valence-corrected chi connectivity index (χ4v) is 3.46. The molecule has 0 bridgehead atoms. The van der Waals surface area contributed by atoms with Crippen LogP contribution in [0.3, 0.4) is 0 Å². The van der Waals surface area contributed by atoms with Crippen molar-refractivity contribution in [1.82, 2.24) is 20.4 Å². The van der Waals surface area contributed by atoms with E-state index in [0.717, 1.165) is 24.0 Å². The van der Waals surface area contributed by atoms with Crippen molar-refractivity contribution in [2.24, 2.45) is 0 Å². The van der Waals surface area contributed by atoms with E-state index in [9.17, 15) is 14.4 Å². The minimum Gasteiger partial charge on any atom is -0.352 e. The van der Waals surface area contributed by atoms with E-state index in [4.69, 9.17) is 0 Å². The third-order valence-corrected chi connectivity index (χ3v) is 5.27. The standard InChI is InChI=1S/C21H30N4O3/c1-15-3-5-17(6-4-15)19(22-16(2)26)13-21(28)25-11-9-24(10-12-25)14-20(27)23-18-7-8-18/h3-6,18-19H,7-14H2,1-2H3,(H,22,26)(H,23,27). The van der Waals surface area contributed by atoms with E-state index >= 15 is 0 Å². The highest BCUT2D eigenvalue weighted by molar-refractivity contribution is 5.80. The van der Waals surface area contributed by atoms with E-state index < -0.39 is 0 Å². The van der Waals surface area contributed by atoms with Gasteiger partial charge in [0.2, 0.25) is 17.7 Å². The lowest BCUT2D eigenvalue weighted by Gasteiger charge is -2.35. The van der Waals surface area contributed by atoms with Gasteiger partial charge in [0, 0.05) is 39.1 Å². The van der Waals surface area contributed by atoms with Gasteiger partial charge in [-0.1, -0.05) is 29.8 Å². The van der Waals surface area contributed by atoms with Crippen molar-refractivity contribution in [2.45, 2.75) is 45.2 Å². The highest BCUT2D eigenvalue weighted by Gasteiger charge is 2.27. The molecule has 1 atom stereocenters. The lowest BCUT2D eigenvalue weighted by Crippen LogP contribution is -2.51. The summed E-state index contributed by atoms with van der Waals surface area (Å²) in [6, 6.07) is 7.94. The third-order valence-electron chi connectivity index (χ3n) is 5.27. The average Bonchev–Trinajstić information content (AvgIpc) is 3.45. The molecule has 3 rings (SSSR count). The summed E-state index contributed by atoms with van der Waals surface area (Å²) in [6.07, 6.45) is 2.42. The van der Waals surface area contributed by atoms with Gasteiger partial charge in [-0.3, -0.25) is 19.3 Å². The summed E-state index contributed by atoms with van der Waals surface area (Å²) in [5.41, 5.74) is 2.07. The van der Waals surface area contributed by atoms with Gasteiger partial charge in [-0.05, 0) is 25.3 Å². The zero-order valence-corrected chi connectivity index (χ0v) is 16.7. The molecule has 1 saturated carbocycles. The lowest BCUT2D eigenvalue weighted by molar-refractivity contribution is -0.134. The van der Waals surface area contributed by atoms with E-state index in [0.29, 0.717) is 38.8 Å². The SMILES string of the molecule is CC(=O)NC(CC(=O)N1CCN(CC(=O)NC2CC2)CC1)c1ccc(C)cc1. The number of aryl methyl sites for hydroxylation is 1. The molecule has 0 radical (unpaired) electrons. The molecule has 28 heavy (non-hydrogen) atoms. The average molecular weight is 386 g/mol. The van der Waals surface area contributed by atoms with Gasteiger partial charge in [-0.2, -0.15) is 0 Å². The lowest BCUT2D eigenvalue weighted by atomic mass is 10.0. The van der Waals surface area contributed by atoms with Crippen LogP contribution in [-0.2, 0) is 14.4 Å². The molecule has 2 fully saturated rings. The van der Waals surface area contributed by atoms with Gasteiger partial charge >= 0.3 is 0 Å². The maximum atomic E-state index is 12.8. The van der Waals surface area contributed by atoms with Gasteiger partial charge in [0.05, 0.1) is 19.0 Å². The Kier molecular flexibility index (Phi) is 6.67. The Morgan fingerprint density at radius 1 is 1.07 bits per heavy atom. The molecule has 152 valence electrons. The van der Waals surface area contributed by atoms with Crippen LogP contribution in [-0.4, -0.2) is 66.3 Å². The van der Waals surface area contributed by atoms with Crippen molar-refractivity contribution < 1.29 is 14.4 Å². The van der Waals surface area contributed by atoms with Gasteiger partial charge in [-0.25, -0.2) is 0 Å². The largest absolute Gasteiger partial charge is 0.352 e. The molecule has 1 aliphatic carbocycles. The van der Waals surface area contributed by atoms with Crippen LogP contribution in [0, 0.1) is 6.92 Å². The number of nitrogens with zero attached hydrogens (tertiary/aromatic N) is 2. The molecule has 2 N–H and O–H groups in total. The van der Waals surface area contributed by atoms with Crippen molar-refractivity contribution in [3.8, 4) is 0 Å². The molecule has 2 aliphatic rings. The maximum absolute atomic E-state index is 12.8. The van der Waals surface area contributed by atoms with Crippen LogP contribution in [0.2, 0.25) is 0 Å². The number of carbonyl (C=O) groups is 3. The quantitative estimate of drug-likeness (QED) is 0.732. The smallest absolute Gasteiger partial charge is 0.234 e. The predicted octanol–water partition coefficient (Wildman–Crippen LogP) is 0.985. The van der Waals surface area contributed by atoms with Crippen molar-refractivity contribution in [3.05, 3.63) is 35.4 Å². The molecule has 1 heterocycles. The van der Waals surface area contributed by atoms with E-state index in [-0.39, 0.29) is 30.2 Å². The van der Waals surface area contributed by atoms with Crippen LogP contribution in [0.1, 0.15) is 43.4 Å². The maximum Gasteiger partial charge on any atom is 0.234 e. The Morgan fingerprint density at radius 2 is 1.71 bits per heavy atom. The highest BCUT2D eigenvalue weighted by Crippen LogP contribution is 2.20. The molecule has 7 heteroatoms. The van der Waals surface area contributed by atoms with Crippen LogP contribution in [0.4, 0.5) is 0 Å². The summed E-state index contributed by atoms with van der Waals surface area (Å²) in [5, 5.41) is 5.89. The van der Waals surface area contributed by atoms with Gasteiger partial charge in [0.15, 0.2) is 0 Å². The van der Waals surface area contributed by atoms with Crippen LogP contribution in [0.15, 0.2) is 24.3 Å². The van der Waals surface area contributed by atoms with Crippen molar-refractivity contribution in [1.29, 1.82) is 0 Å². The number of nitrogens with one attached hydrogen (secondary N) is 2. The summed E-state index contributed by atoms with van der Waals surface area (Å²) in [7, 11) is 0. The molecule has 1 aliphatic heterocycles. The predicted molar refractivity (Wildman–Crippen MR) is 107 cm³/mol. The number of rotatable bonds is 7. The molecule has 0 aromatic heterocycles. The molecule has 1 saturated heterocycles. The summed E-state index contributed by atoms with van der Waals surface area (Å²) in [4.78, 5) is 40.2. The first-order chi connectivity index (χ1) is 13.4. The Morgan fingerprint density at radius 3 is 2.29 bits per heavy atom. The summed E-state index contributed by atoms with van der Waals surface area (Å²) in [5.74, 6) is -0.0429. The van der Waals surface area contributed by atoms with Gasteiger partial charge < -0.3 is 15.5 Å². The van der Waals surface area contributed by atoms with E-state index in [2.05, 4.69) is 15.5 Å². The minimum atomic E-state index is -0.326. The number of carbonyl (C=O) groups excluding carboxylic acids is 3. The second kappa shape index (κ2) is 9.19. The number of hydrogen-bond acceptors (Lipinski definition) is 4. The van der Waals surface area contributed by atoms with Crippen molar-refractivity contribution in [2.75, 3.05) is 32.7 Å². The van der Waals surface area contributed by atoms with Crippen LogP contribution in [0.5, 0.6) is 0 Å². The molecule has 1 unspecified atom stereocenters. The first kappa shape index (κ1) is 20.3. The van der Waals surface area contributed by atoms with E-state index in [1.165, 1.54) is 6.92 Å². The van der Waals surface area contributed by atoms with Crippen LogP contribution >= 0.6 is 0 Å². The first-order valence-electron chi connectivity index (χ1n) is 10.0. The monoisotopic (exact) mass is 386 g/mol. The third kappa shape index (κ3) is 6.05. The highest BCUT2D eigenvalue weighted by atomic mass is 16.2. The topological polar surface area (TPSA) is 81.8 Å². The Balaban J connectivity index is 1.50. The minimum absolute atomic E-state index is 0.0291. The fraction of sp³-hybridized carbons (Fsp3) is 0.571. The van der Waals surface area contributed by atoms with E-state index in [1.807, 2.05) is 36.1 Å². The summed E-state index contributed by atoms with van der Waals surface area (Å²) >= 11 is 0. The number of hydrogen-bond donors (Lipinski definition) is 2. The molecular formula is C21H30N4O3. The van der Waals surface area contributed by atoms with Crippen molar-refractivity contribution >= 4 is 17.7 Å². The van der Waals surface area contributed by atoms with E-state index in [1.54, 1.807) is 0 Å². The molecule has 1 aromatic carbocycles. The molecule has 1 aromatic rings. The Labute approximate surface area is 166 Å². The zero-order chi connectivity index (χ0) is 20.1. The molecular weight excluding hydrogens is 356 g/mol. The molecule has 7 nitrogen and oxygen atoms in total. The summed E-state index contributed by atoms with van der Waals surface area (Å²) in [6.45, 7) is 6.48. The zero-order valence-electron chi connectivity index (χ0n) is 16.7. The fourth-order valence-electron chi connectivity index (χ4n) is 3.46. The number of piperazine rings is 1. The van der Waals surface area contributed by atoms with Gasteiger partial charge in [0.1, 0.15) is 0 Å². The first-order valence-corrected chi connectivity index (χ1v) is 10.0.